The van der Waals surface area contributed by atoms with Crippen LogP contribution in [0.15, 0.2) is 109 Å². The molecule has 76 heavy (non-hydrogen) atoms. The van der Waals surface area contributed by atoms with Gasteiger partial charge in [-0.25, -0.2) is 0 Å². The van der Waals surface area contributed by atoms with Gasteiger partial charge >= 0.3 is 6.15 Å². The van der Waals surface area contributed by atoms with E-state index in [1.54, 1.807) is 6.20 Å². The van der Waals surface area contributed by atoms with Gasteiger partial charge in [-0.1, -0.05) is 154 Å². The molecular weight excluding hydrogens is 941 g/mol. The molecule has 0 aliphatic rings. The number of hydrogen-bond donors (Lipinski definition) is 2. The number of carbonyl (C=O) groups excluding carboxylic acids is 3. The fraction of sp³-hybridized carbons (Fsp3) is 0.471. The first-order valence-corrected chi connectivity index (χ1v) is 28.2. The molecule has 0 aliphatic carbocycles. The molecule has 6 aromatic rings. The van der Waals surface area contributed by atoms with Gasteiger partial charge in [-0.3, -0.25) is 14.8 Å². The van der Waals surface area contributed by atoms with Crippen molar-refractivity contribution in [1.29, 1.82) is 0 Å². The van der Waals surface area contributed by atoms with Crippen LogP contribution in [0.1, 0.15) is 200 Å². The zero-order valence-corrected chi connectivity index (χ0v) is 48.5. The molecule has 0 radical (unpaired) electrons. The van der Waals surface area contributed by atoms with Crippen molar-refractivity contribution in [3.05, 3.63) is 176 Å². The van der Waals surface area contributed by atoms with E-state index in [0.29, 0.717) is 6.47 Å². The van der Waals surface area contributed by atoms with Crippen molar-refractivity contribution in [2.75, 3.05) is 0 Å². The van der Waals surface area contributed by atoms with Crippen LogP contribution in [-0.2, 0) is 55.8 Å². The minimum atomic E-state index is -0.570. The highest BCUT2D eigenvalue weighted by atomic mass is 16.5. The summed E-state index contributed by atoms with van der Waals surface area (Å²) in [7, 11) is 0. The van der Waals surface area contributed by atoms with E-state index < -0.39 is 11.2 Å². The lowest BCUT2D eigenvalue weighted by Gasteiger charge is -2.34. The van der Waals surface area contributed by atoms with Crippen LogP contribution in [0.5, 0.6) is 0 Å². The van der Waals surface area contributed by atoms with E-state index in [9.17, 15) is 15.0 Å². The second-order valence-corrected chi connectivity index (χ2v) is 21.1. The van der Waals surface area contributed by atoms with E-state index >= 15 is 0 Å². The van der Waals surface area contributed by atoms with Gasteiger partial charge in [0.25, 0.3) is 6.47 Å². The second-order valence-electron chi connectivity index (χ2n) is 21.1. The quantitative estimate of drug-likeness (QED) is 0.0543. The number of hydrogen-bond acceptors (Lipinski definition) is 8. The minimum absolute atomic E-state index is 0.0153. The topological polar surface area (TPSA) is 127 Å². The zero-order chi connectivity index (χ0) is 56.1. The number of pyridine rings is 2. The van der Waals surface area contributed by atoms with Crippen molar-refractivity contribution in [2.45, 2.75) is 209 Å². The summed E-state index contributed by atoms with van der Waals surface area (Å²) < 4.78 is 4.83. The van der Waals surface area contributed by atoms with E-state index in [1.165, 1.54) is 66.8 Å². The van der Waals surface area contributed by atoms with Gasteiger partial charge in [0.1, 0.15) is 6.61 Å². The number of nitrogens with zero attached hydrogens (tertiary/aromatic N) is 2. The number of rotatable bonds is 25. The van der Waals surface area contributed by atoms with Crippen LogP contribution in [0, 0.1) is 27.7 Å². The van der Waals surface area contributed by atoms with E-state index in [2.05, 4.69) is 180 Å². The number of aliphatic hydroxyl groups is 2. The molecule has 8 nitrogen and oxygen atoms in total. The average Bonchev–Trinajstić information content (AvgIpc) is 3.44. The maximum Gasteiger partial charge on any atom is 0.373 e. The average molecular weight is 1030 g/mol. The molecule has 0 fully saturated rings. The van der Waals surface area contributed by atoms with E-state index in [-0.39, 0.29) is 23.6 Å². The van der Waals surface area contributed by atoms with Crippen LogP contribution in [0.2, 0.25) is 0 Å². The summed E-state index contributed by atoms with van der Waals surface area (Å²) >= 11 is 0. The van der Waals surface area contributed by atoms with Crippen molar-refractivity contribution in [1.82, 2.24) is 9.97 Å². The Morgan fingerprint density at radius 3 is 1.12 bits per heavy atom. The minimum Gasteiger partial charge on any atom is -0.463 e. The number of ether oxygens (including phenoxy) is 1. The third kappa shape index (κ3) is 15.3. The Balaban J connectivity index is 0.000000312. The SMILES string of the molecule is CCC(O)(CC)CCc1ccc(C(CC)(CC)c2ccc(-c3ccc(COC=O)cn3)c(C)c2)cc1C.CCCc1ccc(-c2ccc(C(CC)(CC)c3ccc(CCC(O)(CC)CC)c(C)c3)cc2C)nc1.O=C=O. The maximum absolute atomic E-state index is 10.8. The summed E-state index contributed by atoms with van der Waals surface area (Å²) in [6.45, 7) is 29.2. The smallest absolute Gasteiger partial charge is 0.373 e. The summed E-state index contributed by atoms with van der Waals surface area (Å²) in [4.78, 5) is 36.1. The first kappa shape index (κ1) is 62.5. The first-order chi connectivity index (χ1) is 36.4. The van der Waals surface area contributed by atoms with Gasteiger partial charge in [0, 0.05) is 39.9 Å². The van der Waals surface area contributed by atoms with Gasteiger partial charge in [-0.2, -0.15) is 9.59 Å². The van der Waals surface area contributed by atoms with Crippen LogP contribution >= 0.6 is 0 Å². The molecule has 4 aromatic carbocycles. The molecule has 2 N–H and O–H groups in total. The number of aryl methyl sites for hydroxylation is 7. The fourth-order valence-electron chi connectivity index (χ4n) is 11.3. The van der Waals surface area contributed by atoms with Crippen LogP contribution in [0.3, 0.4) is 0 Å². The lowest BCUT2D eigenvalue weighted by Crippen LogP contribution is -2.28. The third-order valence-electron chi connectivity index (χ3n) is 17.2. The summed E-state index contributed by atoms with van der Waals surface area (Å²) in [5, 5.41) is 21.5. The molecule has 0 bridgehead atoms. The van der Waals surface area contributed by atoms with Gasteiger partial charge in [0.05, 0.1) is 22.6 Å². The van der Waals surface area contributed by atoms with Crippen LogP contribution in [0.25, 0.3) is 22.5 Å². The van der Waals surface area contributed by atoms with Gasteiger partial charge in [-0.05, 0) is 184 Å². The highest BCUT2D eigenvalue weighted by Gasteiger charge is 2.33. The molecule has 0 saturated carbocycles. The van der Waals surface area contributed by atoms with Crippen molar-refractivity contribution < 1.29 is 29.3 Å². The normalized spacial score (nSPS) is 11.7. The number of benzene rings is 4. The van der Waals surface area contributed by atoms with Crippen molar-refractivity contribution in [3.63, 3.8) is 0 Å². The van der Waals surface area contributed by atoms with Gasteiger partial charge in [0.2, 0.25) is 0 Å². The maximum atomic E-state index is 10.8. The molecule has 0 amide bonds. The molecule has 408 valence electrons. The highest BCUT2D eigenvalue weighted by Crippen LogP contribution is 2.43. The van der Waals surface area contributed by atoms with Crippen molar-refractivity contribution in [2.24, 2.45) is 0 Å². The zero-order valence-electron chi connectivity index (χ0n) is 48.5. The molecular formula is C68H90N2O6. The molecule has 8 heteroatoms. The van der Waals surface area contributed by atoms with Crippen LogP contribution in [0.4, 0.5) is 0 Å². The van der Waals surface area contributed by atoms with Crippen molar-refractivity contribution >= 4 is 12.6 Å². The van der Waals surface area contributed by atoms with Gasteiger partial charge in [-0.15, -0.1) is 0 Å². The predicted octanol–water partition coefficient (Wildman–Crippen LogP) is 16.0. The van der Waals surface area contributed by atoms with E-state index in [0.717, 1.165) is 112 Å². The first-order valence-electron chi connectivity index (χ1n) is 28.2. The van der Waals surface area contributed by atoms with Gasteiger partial charge in [0.15, 0.2) is 0 Å². The Kier molecular flexibility index (Phi) is 24.2. The number of carbonyl (C=O) groups is 1. The number of aromatic nitrogens is 2. The fourth-order valence-corrected chi connectivity index (χ4v) is 11.3. The summed E-state index contributed by atoms with van der Waals surface area (Å²) in [5.74, 6) is 0. The summed E-state index contributed by atoms with van der Waals surface area (Å²) in [6, 6.07) is 36.0. The molecule has 0 spiro atoms. The monoisotopic (exact) mass is 1030 g/mol. The molecule has 6 rings (SSSR count). The Labute approximate surface area is 457 Å². The predicted molar refractivity (Wildman–Crippen MR) is 311 cm³/mol. The summed E-state index contributed by atoms with van der Waals surface area (Å²) in [6.07, 6.45) is 17.0. The van der Waals surface area contributed by atoms with E-state index in [1.807, 2.05) is 18.3 Å². The molecule has 0 aliphatic heterocycles. The van der Waals surface area contributed by atoms with Crippen LogP contribution in [-0.4, -0.2) is 44.0 Å². The highest BCUT2D eigenvalue weighted by molar-refractivity contribution is 5.66. The van der Waals surface area contributed by atoms with Crippen molar-refractivity contribution in [3.8, 4) is 22.5 Å². The standard InChI is InChI=1S/C34H47NO.C33H43NO3.CO2/c1-8-13-27-14-19-32(35-24-27)31-18-17-30(23-26(31)7)34(11-4,12-5)29-16-15-28(25(6)22-29)20-21-33(36,9-2)10-3;1-7-32(36,8-2)18-17-27-12-13-28(19-24(27)5)33(9-3,10-4)29-14-15-30(25(6)20-29)31-16-11-26(21-34-31)22-37-23-35;2-1-3/h14-19,22-24,36H,8-13,20-21H2,1-7H3;11-16,19-21,23,36H,7-10,17-18,22H2,1-6H3;. The van der Waals surface area contributed by atoms with Gasteiger partial charge < -0.3 is 14.9 Å². The van der Waals surface area contributed by atoms with Crippen LogP contribution < -0.4 is 0 Å². The largest absolute Gasteiger partial charge is 0.463 e. The third-order valence-corrected chi connectivity index (χ3v) is 17.2. The molecule has 2 aromatic heterocycles. The molecule has 0 unspecified atom stereocenters. The lowest BCUT2D eigenvalue weighted by atomic mass is 9.69. The van der Waals surface area contributed by atoms with E-state index in [4.69, 9.17) is 19.3 Å². The Bertz CT molecular complexity index is 2770. The second kappa shape index (κ2) is 29.5. The molecule has 2 heterocycles. The Morgan fingerprint density at radius 1 is 0.474 bits per heavy atom. The summed E-state index contributed by atoms with van der Waals surface area (Å²) in [5.41, 5.74) is 18.5. The lowest BCUT2D eigenvalue weighted by molar-refractivity contribution is -0.191. The molecule has 0 saturated heterocycles. The Morgan fingerprint density at radius 2 is 0.829 bits per heavy atom. The molecule has 0 atom stereocenters. The Hall–Kier alpha value is -6.05.